The molecule has 1 aliphatic heterocycles. The Balaban J connectivity index is 1.68. The highest BCUT2D eigenvalue weighted by Crippen LogP contribution is 2.23. The highest BCUT2D eigenvalue weighted by atomic mass is 19.1. The summed E-state index contributed by atoms with van der Waals surface area (Å²) in [7, 11) is 0. The van der Waals surface area contributed by atoms with E-state index in [-0.39, 0.29) is 17.9 Å². The molecule has 2 aromatic rings. The predicted molar refractivity (Wildman–Crippen MR) is 84.5 cm³/mol. The van der Waals surface area contributed by atoms with E-state index in [4.69, 9.17) is 9.15 Å². The van der Waals surface area contributed by atoms with Gasteiger partial charge in [0.15, 0.2) is 0 Å². The van der Waals surface area contributed by atoms with Gasteiger partial charge in [-0.25, -0.2) is 4.98 Å². The van der Waals surface area contributed by atoms with Crippen LogP contribution in [0, 0.1) is 19.7 Å². The van der Waals surface area contributed by atoms with Gasteiger partial charge < -0.3 is 14.1 Å². The maximum atomic E-state index is 14.2. The average molecular weight is 333 g/mol. The van der Waals surface area contributed by atoms with Crippen molar-refractivity contribution in [2.24, 2.45) is 0 Å². The minimum atomic E-state index is -0.522. The number of likely N-dealkylation sites (tertiary alicyclic amines) is 1. The Morgan fingerprint density at radius 3 is 2.92 bits per heavy atom. The molecule has 0 bridgehead atoms. The third-order valence-electron chi connectivity index (χ3n) is 4.15. The van der Waals surface area contributed by atoms with Crippen LogP contribution in [0.3, 0.4) is 0 Å². The second kappa shape index (κ2) is 6.59. The molecule has 0 aromatic carbocycles. The number of aryl methyl sites for hydroxylation is 3. The van der Waals surface area contributed by atoms with Crippen molar-refractivity contribution in [3.8, 4) is 5.88 Å². The number of aromatic nitrogens is 2. The molecule has 0 saturated carbocycles. The van der Waals surface area contributed by atoms with E-state index in [9.17, 15) is 9.18 Å². The van der Waals surface area contributed by atoms with Crippen LogP contribution in [0.2, 0.25) is 0 Å². The monoisotopic (exact) mass is 333 g/mol. The first-order chi connectivity index (χ1) is 11.5. The number of carbonyl (C=O) groups is 1. The molecule has 0 aliphatic carbocycles. The Bertz CT molecular complexity index is 760. The molecule has 2 aromatic heterocycles. The largest absolute Gasteiger partial charge is 0.470 e. The summed E-state index contributed by atoms with van der Waals surface area (Å²) in [6, 6.07) is 1.74. The van der Waals surface area contributed by atoms with Crippen molar-refractivity contribution in [1.29, 1.82) is 0 Å². The van der Waals surface area contributed by atoms with Crippen LogP contribution in [-0.4, -0.2) is 40.0 Å². The number of ether oxygens (including phenoxy) is 1. The van der Waals surface area contributed by atoms with Crippen LogP contribution >= 0.6 is 0 Å². The fraction of sp³-hybridized carbons (Fsp3) is 0.471. The molecule has 1 fully saturated rings. The third-order valence-corrected chi connectivity index (χ3v) is 4.15. The Hall–Kier alpha value is -2.44. The average Bonchev–Trinajstić information content (AvgIpc) is 3.15. The summed E-state index contributed by atoms with van der Waals surface area (Å²) in [5, 5.41) is 0. The first kappa shape index (κ1) is 16.4. The van der Waals surface area contributed by atoms with Crippen molar-refractivity contribution in [3.05, 3.63) is 41.0 Å². The van der Waals surface area contributed by atoms with Crippen LogP contribution < -0.4 is 4.74 Å². The van der Waals surface area contributed by atoms with Crippen molar-refractivity contribution in [2.75, 3.05) is 13.1 Å². The van der Waals surface area contributed by atoms with Crippen LogP contribution in [0.5, 0.6) is 5.88 Å². The Morgan fingerprint density at radius 1 is 1.46 bits per heavy atom. The van der Waals surface area contributed by atoms with E-state index in [1.165, 1.54) is 6.33 Å². The highest BCUT2D eigenvalue weighted by Gasteiger charge is 2.31. The van der Waals surface area contributed by atoms with Crippen LogP contribution in [-0.2, 0) is 6.42 Å². The van der Waals surface area contributed by atoms with E-state index in [1.54, 1.807) is 17.9 Å². The maximum absolute atomic E-state index is 14.2. The fourth-order valence-electron chi connectivity index (χ4n) is 2.90. The Morgan fingerprint density at radius 2 is 2.25 bits per heavy atom. The van der Waals surface area contributed by atoms with Crippen molar-refractivity contribution in [3.63, 3.8) is 0 Å². The van der Waals surface area contributed by atoms with E-state index in [2.05, 4.69) is 9.97 Å². The molecule has 3 rings (SSSR count). The minimum Gasteiger partial charge on any atom is -0.470 e. The fourth-order valence-corrected chi connectivity index (χ4v) is 2.90. The van der Waals surface area contributed by atoms with Gasteiger partial charge in [0.25, 0.3) is 11.8 Å². The SMILES string of the molecule is CCc1ncnc(O[C@H]2CCN(C(=O)c3cc(C)oc3C)C2)c1F. The van der Waals surface area contributed by atoms with Crippen molar-refractivity contribution >= 4 is 5.91 Å². The van der Waals surface area contributed by atoms with Gasteiger partial charge >= 0.3 is 0 Å². The third kappa shape index (κ3) is 3.11. The summed E-state index contributed by atoms with van der Waals surface area (Å²) in [6.07, 6.45) is 2.12. The molecule has 24 heavy (non-hydrogen) atoms. The van der Waals surface area contributed by atoms with Gasteiger partial charge in [-0.2, -0.15) is 9.37 Å². The quantitative estimate of drug-likeness (QED) is 0.860. The Kier molecular flexibility index (Phi) is 4.51. The zero-order chi connectivity index (χ0) is 17.3. The molecular formula is C17H20FN3O3. The van der Waals surface area contributed by atoms with Crippen LogP contribution in [0.4, 0.5) is 4.39 Å². The number of hydrogen-bond acceptors (Lipinski definition) is 5. The second-order valence-corrected chi connectivity index (χ2v) is 5.90. The number of halogens is 1. The smallest absolute Gasteiger partial charge is 0.257 e. The molecule has 0 spiro atoms. The van der Waals surface area contributed by atoms with E-state index in [0.29, 0.717) is 48.7 Å². The van der Waals surface area contributed by atoms with Crippen LogP contribution in [0.1, 0.15) is 40.9 Å². The standard InChI is InChI=1S/C17H20FN3O3/c1-4-14-15(18)16(20-9-19-14)24-12-5-6-21(8-12)17(22)13-7-10(2)23-11(13)3/h7,9,12H,4-6,8H2,1-3H3/t12-/m0/s1. The molecule has 0 unspecified atom stereocenters. The lowest BCUT2D eigenvalue weighted by Gasteiger charge is -2.17. The van der Waals surface area contributed by atoms with E-state index < -0.39 is 5.82 Å². The second-order valence-electron chi connectivity index (χ2n) is 5.90. The van der Waals surface area contributed by atoms with Gasteiger partial charge in [-0.3, -0.25) is 4.79 Å². The van der Waals surface area contributed by atoms with Crippen molar-refractivity contribution in [2.45, 2.75) is 39.7 Å². The summed E-state index contributed by atoms with van der Waals surface area (Å²) < 4.78 is 25.2. The molecule has 128 valence electrons. The maximum Gasteiger partial charge on any atom is 0.257 e. The van der Waals surface area contributed by atoms with Gasteiger partial charge in [-0.15, -0.1) is 0 Å². The first-order valence-electron chi connectivity index (χ1n) is 8.02. The Labute approximate surface area is 139 Å². The lowest BCUT2D eigenvalue weighted by molar-refractivity contribution is 0.0768. The lowest BCUT2D eigenvalue weighted by atomic mass is 10.2. The number of amides is 1. The van der Waals surface area contributed by atoms with Gasteiger partial charge in [0.1, 0.15) is 24.0 Å². The molecule has 0 N–H and O–H groups in total. The van der Waals surface area contributed by atoms with Gasteiger partial charge in [-0.05, 0) is 26.3 Å². The van der Waals surface area contributed by atoms with Crippen LogP contribution in [0.25, 0.3) is 0 Å². The highest BCUT2D eigenvalue weighted by molar-refractivity contribution is 5.95. The number of furan rings is 1. The summed E-state index contributed by atoms with van der Waals surface area (Å²) in [5.74, 6) is 0.657. The van der Waals surface area contributed by atoms with Gasteiger partial charge in [0, 0.05) is 13.0 Å². The minimum absolute atomic E-state index is 0.0449. The number of nitrogens with zero attached hydrogens (tertiary/aromatic N) is 3. The number of hydrogen-bond donors (Lipinski definition) is 0. The molecule has 7 heteroatoms. The zero-order valence-corrected chi connectivity index (χ0v) is 14.0. The molecule has 3 heterocycles. The lowest BCUT2D eigenvalue weighted by Crippen LogP contribution is -2.31. The molecular weight excluding hydrogens is 313 g/mol. The number of rotatable bonds is 4. The van der Waals surface area contributed by atoms with E-state index >= 15 is 0 Å². The molecule has 1 atom stereocenters. The molecule has 1 amide bonds. The van der Waals surface area contributed by atoms with Gasteiger partial charge in [0.2, 0.25) is 5.82 Å². The normalized spacial score (nSPS) is 17.3. The molecule has 6 nitrogen and oxygen atoms in total. The van der Waals surface area contributed by atoms with Crippen LogP contribution in [0.15, 0.2) is 16.8 Å². The number of carbonyl (C=O) groups excluding carboxylic acids is 1. The molecule has 0 radical (unpaired) electrons. The zero-order valence-electron chi connectivity index (χ0n) is 14.0. The summed E-state index contributed by atoms with van der Waals surface area (Å²) in [6.45, 7) is 6.35. The molecule has 1 saturated heterocycles. The topological polar surface area (TPSA) is 68.5 Å². The summed E-state index contributed by atoms with van der Waals surface area (Å²) in [4.78, 5) is 22.0. The van der Waals surface area contributed by atoms with Gasteiger partial charge in [0.05, 0.1) is 17.8 Å². The van der Waals surface area contributed by atoms with E-state index in [1.807, 2.05) is 13.8 Å². The van der Waals surface area contributed by atoms with Gasteiger partial charge in [-0.1, -0.05) is 6.92 Å². The summed E-state index contributed by atoms with van der Waals surface area (Å²) in [5.41, 5.74) is 0.894. The predicted octanol–water partition coefficient (Wildman–Crippen LogP) is 2.68. The first-order valence-corrected chi connectivity index (χ1v) is 8.02. The molecule has 1 aliphatic rings. The van der Waals surface area contributed by atoms with E-state index in [0.717, 1.165) is 0 Å². The van der Waals surface area contributed by atoms with Crippen molar-refractivity contribution < 1.29 is 18.3 Å². The summed E-state index contributed by atoms with van der Waals surface area (Å²) >= 11 is 0. The van der Waals surface area contributed by atoms with Crippen molar-refractivity contribution in [1.82, 2.24) is 14.9 Å².